The molecule has 1 aromatic rings. The third kappa shape index (κ3) is 2.61. The standard InChI is InChI=1S/C8H13BrN4O2S/c1-13-8(7(9)11-12-13)16(14,15)10-5-4-6-2-3-6/h6,10H,2-5H2,1H3. The Morgan fingerprint density at radius 3 is 2.75 bits per heavy atom. The SMILES string of the molecule is Cn1nnc(Br)c1S(=O)(=O)NCCC1CC1. The summed E-state index contributed by atoms with van der Waals surface area (Å²) in [6.07, 6.45) is 3.35. The molecule has 0 amide bonds. The zero-order chi connectivity index (χ0) is 11.8. The molecule has 0 saturated heterocycles. The second-order valence-electron chi connectivity index (χ2n) is 3.94. The lowest BCUT2D eigenvalue weighted by molar-refractivity contribution is 0.555. The van der Waals surface area contributed by atoms with Crippen LogP contribution in [0.5, 0.6) is 0 Å². The van der Waals surface area contributed by atoms with Crippen molar-refractivity contribution in [3.63, 3.8) is 0 Å². The Kier molecular flexibility index (Phi) is 3.32. The maximum atomic E-state index is 11.9. The normalized spacial score (nSPS) is 16.6. The molecule has 1 heterocycles. The molecule has 1 fully saturated rings. The van der Waals surface area contributed by atoms with Gasteiger partial charge in [-0.15, -0.1) is 5.10 Å². The van der Waals surface area contributed by atoms with E-state index in [9.17, 15) is 8.42 Å². The molecule has 2 rings (SSSR count). The Bertz CT molecular complexity index is 461. The number of aryl methyl sites for hydroxylation is 1. The van der Waals surface area contributed by atoms with Gasteiger partial charge in [-0.25, -0.2) is 17.8 Å². The number of hydrogen-bond donors (Lipinski definition) is 1. The van der Waals surface area contributed by atoms with Crippen molar-refractivity contribution in [1.29, 1.82) is 0 Å². The minimum Gasteiger partial charge on any atom is -0.235 e. The summed E-state index contributed by atoms with van der Waals surface area (Å²) in [4.78, 5) is 0. The van der Waals surface area contributed by atoms with Gasteiger partial charge in [-0.1, -0.05) is 18.1 Å². The maximum absolute atomic E-state index is 11.9. The summed E-state index contributed by atoms with van der Waals surface area (Å²) in [5, 5.41) is 7.36. The topological polar surface area (TPSA) is 76.9 Å². The molecule has 6 nitrogen and oxygen atoms in total. The lowest BCUT2D eigenvalue weighted by Gasteiger charge is -2.05. The van der Waals surface area contributed by atoms with Crippen molar-refractivity contribution in [2.24, 2.45) is 13.0 Å². The van der Waals surface area contributed by atoms with Crippen molar-refractivity contribution >= 4 is 26.0 Å². The highest BCUT2D eigenvalue weighted by Crippen LogP contribution is 2.31. The number of rotatable bonds is 5. The van der Waals surface area contributed by atoms with E-state index in [1.54, 1.807) is 7.05 Å². The van der Waals surface area contributed by atoms with Crippen molar-refractivity contribution in [2.45, 2.75) is 24.3 Å². The number of aromatic nitrogens is 3. The second kappa shape index (κ2) is 4.42. The summed E-state index contributed by atoms with van der Waals surface area (Å²) in [5.74, 6) is 0.704. The minimum absolute atomic E-state index is 0.0725. The van der Waals surface area contributed by atoms with Gasteiger partial charge in [0.15, 0.2) is 4.60 Å². The smallest absolute Gasteiger partial charge is 0.235 e. The fraction of sp³-hybridized carbons (Fsp3) is 0.750. The van der Waals surface area contributed by atoms with E-state index in [1.165, 1.54) is 17.5 Å². The van der Waals surface area contributed by atoms with E-state index in [4.69, 9.17) is 0 Å². The number of hydrogen-bond acceptors (Lipinski definition) is 4. The highest BCUT2D eigenvalue weighted by molar-refractivity contribution is 9.10. The van der Waals surface area contributed by atoms with Crippen molar-refractivity contribution in [1.82, 2.24) is 19.7 Å². The first-order valence-corrected chi connectivity index (χ1v) is 7.33. The van der Waals surface area contributed by atoms with Crippen LogP contribution in [0, 0.1) is 5.92 Å². The van der Waals surface area contributed by atoms with Crippen molar-refractivity contribution in [3.8, 4) is 0 Å². The summed E-state index contributed by atoms with van der Waals surface area (Å²) >= 11 is 3.07. The monoisotopic (exact) mass is 308 g/mol. The van der Waals surface area contributed by atoms with E-state index >= 15 is 0 Å². The van der Waals surface area contributed by atoms with Crippen molar-refractivity contribution in [2.75, 3.05) is 6.54 Å². The van der Waals surface area contributed by atoms with Gasteiger partial charge in [0.2, 0.25) is 5.03 Å². The van der Waals surface area contributed by atoms with Crippen LogP contribution >= 0.6 is 15.9 Å². The molecule has 0 unspecified atom stereocenters. The van der Waals surface area contributed by atoms with Gasteiger partial charge in [-0.3, -0.25) is 0 Å². The van der Waals surface area contributed by atoms with Gasteiger partial charge in [0.25, 0.3) is 10.0 Å². The van der Waals surface area contributed by atoms with Gasteiger partial charge < -0.3 is 0 Å². The molecule has 1 aliphatic carbocycles. The summed E-state index contributed by atoms with van der Waals surface area (Å²) < 4.78 is 27.8. The Labute approximate surface area is 103 Å². The molecule has 0 atom stereocenters. The van der Waals surface area contributed by atoms with Crippen LogP contribution in [-0.4, -0.2) is 30.0 Å². The van der Waals surface area contributed by atoms with Crippen LogP contribution in [0.2, 0.25) is 0 Å². The number of nitrogens with one attached hydrogen (secondary N) is 1. The fourth-order valence-corrected chi connectivity index (χ4v) is 3.62. The number of sulfonamides is 1. The van der Waals surface area contributed by atoms with Crippen LogP contribution in [-0.2, 0) is 17.1 Å². The average molecular weight is 309 g/mol. The molecule has 1 aromatic heterocycles. The molecule has 90 valence electrons. The van der Waals surface area contributed by atoms with Crippen LogP contribution in [0.25, 0.3) is 0 Å². The predicted molar refractivity (Wildman–Crippen MR) is 61.2 cm³/mol. The first-order chi connectivity index (χ1) is 7.50. The van der Waals surface area contributed by atoms with Crippen LogP contribution in [0.1, 0.15) is 19.3 Å². The number of halogens is 1. The predicted octanol–water partition coefficient (Wildman–Crippen LogP) is 0.656. The zero-order valence-electron chi connectivity index (χ0n) is 8.85. The van der Waals surface area contributed by atoms with E-state index in [1.807, 2.05) is 0 Å². The van der Waals surface area contributed by atoms with E-state index < -0.39 is 10.0 Å². The van der Waals surface area contributed by atoms with Gasteiger partial charge in [0.1, 0.15) is 0 Å². The Balaban J connectivity index is 2.05. The highest BCUT2D eigenvalue weighted by Gasteiger charge is 2.25. The molecule has 1 N–H and O–H groups in total. The van der Waals surface area contributed by atoms with Gasteiger partial charge in [0, 0.05) is 13.6 Å². The summed E-state index contributed by atoms with van der Waals surface area (Å²) in [6.45, 7) is 0.477. The van der Waals surface area contributed by atoms with Crippen LogP contribution < -0.4 is 4.72 Å². The fourth-order valence-electron chi connectivity index (χ4n) is 1.48. The van der Waals surface area contributed by atoms with Gasteiger partial charge in [0.05, 0.1) is 0 Å². The average Bonchev–Trinajstić information content (AvgIpc) is 2.92. The van der Waals surface area contributed by atoms with Crippen LogP contribution in [0.3, 0.4) is 0 Å². The molecule has 0 aromatic carbocycles. The third-order valence-corrected chi connectivity index (χ3v) is 4.88. The third-order valence-electron chi connectivity index (χ3n) is 2.53. The van der Waals surface area contributed by atoms with Crippen molar-refractivity contribution in [3.05, 3.63) is 4.60 Å². The molecule has 0 aliphatic heterocycles. The first-order valence-electron chi connectivity index (χ1n) is 5.05. The largest absolute Gasteiger partial charge is 0.260 e. The van der Waals surface area contributed by atoms with E-state index in [2.05, 4.69) is 31.0 Å². The Hall–Kier alpha value is -0.470. The van der Waals surface area contributed by atoms with Gasteiger partial charge in [-0.05, 0) is 28.3 Å². The van der Waals surface area contributed by atoms with E-state index in [0.29, 0.717) is 12.5 Å². The van der Waals surface area contributed by atoms with Crippen LogP contribution in [0.15, 0.2) is 9.63 Å². The summed E-state index contributed by atoms with van der Waals surface area (Å²) in [5.41, 5.74) is 0. The van der Waals surface area contributed by atoms with Gasteiger partial charge in [-0.2, -0.15) is 0 Å². The quantitative estimate of drug-likeness (QED) is 0.866. The Morgan fingerprint density at radius 2 is 2.25 bits per heavy atom. The molecule has 8 heteroatoms. The molecule has 0 radical (unpaired) electrons. The summed E-state index contributed by atoms with van der Waals surface area (Å²) in [6, 6.07) is 0. The lowest BCUT2D eigenvalue weighted by atomic mass is 10.3. The molecular weight excluding hydrogens is 296 g/mol. The van der Waals surface area contributed by atoms with Crippen LogP contribution in [0.4, 0.5) is 0 Å². The molecular formula is C8H13BrN4O2S. The Morgan fingerprint density at radius 1 is 1.56 bits per heavy atom. The number of nitrogens with zero attached hydrogens (tertiary/aromatic N) is 3. The summed E-state index contributed by atoms with van der Waals surface area (Å²) in [7, 11) is -1.96. The maximum Gasteiger partial charge on any atom is 0.260 e. The first kappa shape index (κ1) is 12.0. The second-order valence-corrected chi connectivity index (χ2v) is 6.37. The lowest BCUT2D eigenvalue weighted by Crippen LogP contribution is -2.27. The molecule has 1 saturated carbocycles. The molecule has 16 heavy (non-hydrogen) atoms. The van der Waals surface area contributed by atoms with E-state index in [0.717, 1.165) is 6.42 Å². The molecule has 0 bridgehead atoms. The minimum atomic E-state index is -3.51. The highest BCUT2D eigenvalue weighted by atomic mass is 79.9. The van der Waals surface area contributed by atoms with E-state index in [-0.39, 0.29) is 9.63 Å². The zero-order valence-corrected chi connectivity index (χ0v) is 11.3. The molecule has 1 aliphatic rings. The molecule has 0 spiro atoms. The van der Waals surface area contributed by atoms with Gasteiger partial charge >= 0.3 is 0 Å². The van der Waals surface area contributed by atoms with Crippen molar-refractivity contribution < 1.29 is 8.42 Å².